The lowest BCUT2D eigenvalue weighted by atomic mass is 10.1. The molecule has 0 amide bonds. The summed E-state index contributed by atoms with van der Waals surface area (Å²) in [6, 6.07) is 6.03. The number of hydroxylamine groups is 1. The van der Waals surface area contributed by atoms with E-state index in [-0.39, 0.29) is 6.61 Å². The fourth-order valence-corrected chi connectivity index (χ4v) is 1.49. The second-order valence-electron chi connectivity index (χ2n) is 5.29. The summed E-state index contributed by atoms with van der Waals surface area (Å²) in [5.41, 5.74) is 4.97. The van der Waals surface area contributed by atoms with Crippen LogP contribution in [0, 0.1) is 19.8 Å². The van der Waals surface area contributed by atoms with Crippen LogP contribution in [0.2, 0.25) is 0 Å². The maximum atomic E-state index is 9.77. The van der Waals surface area contributed by atoms with Gasteiger partial charge in [-0.05, 0) is 37.0 Å². The van der Waals surface area contributed by atoms with E-state index in [0.29, 0.717) is 19.1 Å². The molecule has 1 aromatic carbocycles. The van der Waals surface area contributed by atoms with E-state index in [9.17, 15) is 5.11 Å². The third kappa shape index (κ3) is 6.57. The molecule has 1 atom stereocenters. The summed E-state index contributed by atoms with van der Waals surface area (Å²) in [6.07, 6.45) is -0.591. The Morgan fingerprint density at radius 1 is 1.21 bits per heavy atom. The van der Waals surface area contributed by atoms with Crippen LogP contribution in [-0.2, 0) is 4.84 Å². The molecule has 1 aromatic rings. The molecule has 0 aromatic heterocycles. The van der Waals surface area contributed by atoms with Crippen LogP contribution in [0.1, 0.15) is 25.0 Å². The van der Waals surface area contributed by atoms with Gasteiger partial charge in [0.1, 0.15) is 18.5 Å². The molecule has 108 valence electrons. The second kappa shape index (κ2) is 8.15. The van der Waals surface area contributed by atoms with Gasteiger partial charge in [-0.1, -0.05) is 26.0 Å². The first-order chi connectivity index (χ1) is 8.99. The zero-order valence-corrected chi connectivity index (χ0v) is 12.3. The largest absolute Gasteiger partial charge is 0.491 e. The summed E-state index contributed by atoms with van der Waals surface area (Å²) in [7, 11) is 0. The van der Waals surface area contributed by atoms with Gasteiger partial charge in [-0.2, -0.15) is 5.48 Å². The maximum absolute atomic E-state index is 9.77. The van der Waals surface area contributed by atoms with E-state index in [1.807, 2.05) is 32.0 Å². The molecule has 0 spiro atoms. The van der Waals surface area contributed by atoms with E-state index < -0.39 is 6.10 Å². The summed E-state index contributed by atoms with van der Waals surface area (Å²) in [4.78, 5) is 5.20. The molecule has 0 aliphatic carbocycles. The maximum Gasteiger partial charge on any atom is 0.122 e. The molecule has 0 radical (unpaired) electrons. The molecule has 1 rings (SSSR count). The Balaban J connectivity index is 2.26. The van der Waals surface area contributed by atoms with Crippen molar-refractivity contribution in [2.45, 2.75) is 33.8 Å². The minimum Gasteiger partial charge on any atom is -0.491 e. The van der Waals surface area contributed by atoms with E-state index in [0.717, 1.165) is 16.9 Å². The third-order valence-electron chi connectivity index (χ3n) is 2.61. The molecule has 2 N–H and O–H groups in total. The Labute approximate surface area is 115 Å². The normalized spacial score (nSPS) is 12.7. The highest BCUT2D eigenvalue weighted by molar-refractivity contribution is 5.35. The van der Waals surface area contributed by atoms with Crippen molar-refractivity contribution in [3.05, 3.63) is 29.3 Å². The van der Waals surface area contributed by atoms with Crippen molar-refractivity contribution < 1.29 is 14.7 Å². The van der Waals surface area contributed by atoms with Gasteiger partial charge in [-0.15, -0.1) is 0 Å². The first-order valence-electron chi connectivity index (χ1n) is 6.71. The molecule has 0 saturated heterocycles. The molecular weight excluding hydrogens is 242 g/mol. The van der Waals surface area contributed by atoms with Gasteiger partial charge in [-0.25, -0.2) is 0 Å². The summed E-state index contributed by atoms with van der Waals surface area (Å²) in [6.45, 7) is 9.39. The first-order valence-corrected chi connectivity index (χ1v) is 6.71. The van der Waals surface area contributed by atoms with Crippen LogP contribution in [0.5, 0.6) is 5.75 Å². The molecule has 1 unspecified atom stereocenters. The quantitative estimate of drug-likeness (QED) is 0.560. The van der Waals surface area contributed by atoms with Crippen molar-refractivity contribution in [2.24, 2.45) is 5.92 Å². The van der Waals surface area contributed by atoms with Gasteiger partial charge < -0.3 is 14.7 Å². The number of rotatable bonds is 8. The van der Waals surface area contributed by atoms with Crippen LogP contribution in [0.15, 0.2) is 18.2 Å². The van der Waals surface area contributed by atoms with Gasteiger partial charge in [0.05, 0.1) is 13.2 Å². The Hall–Kier alpha value is -1.10. The summed E-state index contributed by atoms with van der Waals surface area (Å²) in [5.74, 6) is 1.29. The van der Waals surface area contributed by atoms with Crippen LogP contribution in [0.4, 0.5) is 0 Å². The van der Waals surface area contributed by atoms with Crippen LogP contribution in [0.3, 0.4) is 0 Å². The number of hydrogen-bond acceptors (Lipinski definition) is 4. The zero-order chi connectivity index (χ0) is 14.3. The lowest BCUT2D eigenvalue weighted by Crippen LogP contribution is -2.32. The molecule has 0 bridgehead atoms. The van der Waals surface area contributed by atoms with Gasteiger partial charge in [-0.3, -0.25) is 0 Å². The summed E-state index contributed by atoms with van der Waals surface area (Å²) in [5, 5.41) is 9.77. The van der Waals surface area contributed by atoms with Gasteiger partial charge >= 0.3 is 0 Å². The smallest absolute Gasteiger partial charge is 0.122 e. The van der Waals surface area contributed by atoms with Crippen molar-refractivity contribution in [1.29, 1.82) is 0 Å². The molecule has 0 aliphatic rings. The van der Waals surface area contributed by atoms with Gasteiger partial charge in [0.25, 0.3) is 0 Å². The lowest BCUT2D eigenvalue weighted by Gasteiger charge is -2.15. The highest BCUT2D eigenvalue weighted by Gasteiger charge is 2.07. The van der Waals surface area contributed by atoms with E-state index in [1.54, 1.807) is 0 Å². The second-order valence-corrected chi connectivity index (χ2v) is 5.29. The van der Waals surface area contributed by atoms with E-state index in [2.05, 4.69) is 19.3 Å². The average Bonchev–Trinajstić information content (AvgIpc) is 2.35. The molecular formula is C15H25NO3. The number of aryl methyl sites for hydroxylation is 2. The molecule has 19 heavy (non-hydrogen) atoms. The van der Waals surface area contributed by atoms with Gasteiger partial charge in [0, 0.05) is 0 Å². The first kappa shape index (κ1) is 16.0. The molecule has 4 nitrogen and oxygen atoms in total. The van der Waals surface area contributed by atoms with E-state index >= 15 is 0 Å². The monoisotopic (exact) mass is 267 g/mol. The Morgan fingerprint density at radius 2 is 1.95 bits per heavy atom. The predicted octanol–water partition coefficient (Wildman–Crippen LogP) is 2.22. The van der Waals surface area contributed by atoms with Crippen molar-refractivity contribution in [3.8, 4) is 5.75 Å². The molecule has 0 fully saturated rings. The van der Waals surface area contributed by atoms with E-state index in [1.165, 1.54) is 0 Å². The molecule has 0 saturated carbocycles. The highest BCUT2D eigenvalue weighted by atomic mass is 16.6. The number of benzene rings is 1. The predicted molar refractivity (Wildman–Crippen MR) is 76.2 cm³/mol. The zero-order valence-electron chi connectivity index (χ0n) is 12.3. The number of aliphatic hydroxyl groups excluding tert-OH is 1. The average molecular weight is 267 g/mol. The molecule has 4 heteroatoms. The Bertz CT molecular complexity index is 380. The summed E-state index contributed by atoms with van der Waals surface area (Å²) < 4.78 is 5.61. The Kier molecular flexibility index (Phi) is 6.84. The van der Waals surface area contributed by atoms with Crippen molar-refractivity contribution in [3.63, 3.8) is 0 Å². The fourth-order valence-electron chi connectivity index (χ4n) is 1.49. The topological polar surface area (TPSA) is 50.7 Å². The third-order valence-corrected chi connectivity index (χ3v) is 2.61. The standard InChI is InChI=1S/C15H25NO3/c1-11(2)9-19-16-8-14(17)10-18-15-7-12(3)5-6-13(15)4/h5-7,11,14,16-17H,8-10H2,1-4H3. The SMILES string of the molecule is Cc1ccc(C)c(OCC(O)CNOCC(C)C)c1. The van der Waals surface area contributed by atoms with Crippen LogP contribution < -0.4 is 10.2 Å². The minimum atomic E-state index is -0.591. The molecule has 0 heterocycles. The Morgan fingerprint density at radius 3 is 2.63 bits per heavy atom. The van der Waals surface area contributed by atoms with Crippen LogP contribution in [0.25, 0.3) is 0 Å². The number of hydrogen-bond donors (Lipinski definition) is 2. The number of aliphatic hydroxyl groups is 1. The van der Waals surface area contributed by atoms with Crippen molar-refractivity contribution >= 4 is 0 Å². The number of ether oxygens (including phenoxy) is 1. The van der Waals surface area contributed by atoms with Crippen molar-refractivity contribution in [1.82, 2.24) is 5.48 Å². The van der Waals surface area contributed by atoms with Gasteiger partial charge in [0.2, 0.25) is 0 Å². The minimum absolute atomic E-state index is 0.252. The summed E-state index contributed by atoms with van der Waals surface area (Å²) >= 11 is 0. The highest BCUT2D eigenvalue weighted by Crippen LogP contribution is 2.19. The van der Waals surface area contributed by atoms with Crippen LogP contribution in [-0.4, -0.2) is 31.0 Å². The van der Waals surface area contributed by atoms with E-state index in [4.69, 9.17) is 9.57 Å². The number of nitrogens with one attached hydrogen (secondary N) is 1. The van der Waals surface area contributed by atoms with Crippen LogP contribution >= 0.6 is 0 Å². The van der Waals surface area contributed by atoms with Gasteiger partial charge in [0.15, 0.2) is 0 Å². The van der Waals surface area contributed by atoms with Crippen molar-refractivity contribution in [2.75, 3.05) is 19.8 Å². The lowest BCUT2D eigenvalue weighted by molar-refractivity contribution is -0.00778. The molecule has 0 aliphatic heterocycles. The fraction of sp³-hybridized carbons (Fsp3) is 0.600.